The molecule has 0 radical (unpaired) electrons. The van der Waals surface area contributed by atoms with Gasteiger partial charge in [-0.05, 0) is 6.42 Å². The lowest BCUT2D eigenvalue weighted by molar-refractivity contribution is 0.208. The first-order valence-corrected chi connectivity index (χ1v) is 5.64. The summed E-state index contributed by atoms with van der Waals surface area (Å²) in [6, 6.07) is 0. The topological polar surface area (TPSA) is 63.6 Å². The molecule has 0 heterocycles. The molecule has 13 heavy (non-hydrogen) atoms. The molecule has 0 amide bonds. The molecule has 0 saturated carbocycles. The molecule has 0 aliphatic heterocycles. The monoisotopic (exact) mass is 208 g/mol. The summed E-state index contributed by atoms with van der Waals surface area (Å²) in [5, 5.41) is 0. The van der Waals surface area contributed by atoms with Crippen LogP contribution < -0.4 is 0 Å². The van der Waals surface area contributed by atoms with Crippen molar-refractivity contribution in [3.63, 3.8) is 0 Å². The first-order valence-electron chi connectivity index (χ1n) is 4.28. The smallest absolute Gasteiger partial charge is 0.264 e. The molecule has 0 bridgehead atoms. The van der Waals surface area contributed by atoms with Crippen molar-refractivity contribution in [1.82, 2.24) is 0 Å². The Bertz CT molecular complexity index is 233. The van der Waals surface area contributed by atoms with Crippen LogP contribution in [0.4, 0.5) is 0 Å². The van der Waals surface area contributed by atoms with E-state index in [0.29, 0.717) is 6.42 Å². The predicted molar refractivity (Wildman–Crippen MR) is 50.8 cm³/mol. The first-order chi connectivity index (χ1) is 5.99. The molecule has 0 rings (SSSR count). The summed E-state index contributed by atoms with van der Waals surface area (Å²) in [6.07, 6.45) is 4.26. The van der Waals surface area contributed by atoms with Crippen molar-refractivity contribution < 1.29 is 17.2 Å². The Morgan fingerprint density at radius 3 is 2.54 bits per heavy atom. The zero-order valence-electron chi connectivity index (χ0n) is 7.77. The normalized spacial score (nSPS) is 14.0. The molecule has 4 nitrogen and oxygen atoms in total. The van der Waals surface area contributed by atoms with Crippen LogP contribution in [0.5, 0.6) is 0 Å². The van der Waals surface area contributed by atoms with E-state index in [9.17, 15) is 8.42 Å². The van der Waals surface area contributed by atoms with Gasteiger partial charge in [0.05, 0.1) is 6.10 Å². The average molecular weight is 208 g/mol. The van der Waals surface area contributed by atoms with Gasteiger partial charge in [-0.1, -0.05) is 32.3 Å². The van der Waals surface area contributed by atoms with E-state index in [1.165, 1.54) is 6.08 Å². The highest BCUT2D eigenvalue weighted by atomic mass is 32.3. The van der Waals surface area contributed by atoms with Crippen LogP contribution in [0.2, 0.25) is 0 Å². The SMILES string of the molecule is C=C[C@H](CCCCC)OS(=O)(=O)O. The largest absolute Gasteiger partial charge is 0.397 e. The quantitative estimate of drug-likeness (QED) is 0.394. The summed E-state index contributed by atoms with van der Waals surface area (Å²) in [4.78, 5) is 0. The second-order valence-electron chi connectivity index (χ2n) is 2.79. The van der Waals surface area contributed by atoms with Crippen molar-refractivity contribution in [3.05, 3.63) is 12.7 Å². The molecule has 1 atom stereocenters. The molecular formula is C8H16O4S. The van der Waals surface area contributed by atoms with Gasteiger partial charge >= 0.3 is 10.4 Å². The fraction of sp³-hybridized carbons (Fsp3) is 0.750. The van der Waals surface area contributed by atoms with Gasteiger partial charge in [-0.3, -0.25) is 4.55 Å². The lowest BCUT2D eigenvalue weighted by Gasteiger charge is -2.09. The van der Waals surface area contributed by atoms with Crippen molar-refractivity contribution in [1.29, 1.82) is 0 Å². The summed E-state index contributed by atoms with van der Waals surface area (Å²) < 4.78 is 33.4. The van der Waals surface area contributed by atoms with E-state index < -0.39 is 16.5 Å². The van der Waals surface area contributed by atoms with Crippen molar-refractivity contribution in [2.24, 2.45) is 0 Å². The Kier molecular flexibility index (Phi) is 5.94. The molecule has 0 spiro atoms. The molecule has 0 aliphatic rings. The minimum Gasteiger partial charge on any atom is -0.264 e. The molecule has 1 N–H and O–H groups in total. The number of hydrogen-bond donors (Lipinski definition) is 1. The van der Waals surface area contributed by atoms with Gasteiger partial charge in [0.1, 0.15) is 0 Å². The van der Waals surface area contributed by atoms with Gasteiger partial charge in [0.25, 0.3) is 0 Å². The van der Waals surface area contributed by atoms with E-state index >= 15 is 0 Å². The molecule has 0 aromatic rings. The number of unbranched alkanes of at least 4 members (excludes halogenated alkanes) is 2. The zero-order valence-corrected chi connectivity index (χ0v) is 8.59. The van der Waals surface area contributed by atoms with E-state index in [1.54, 1.807) is 0 Å². The average Bonchev–Trinajstić information content (AvgIpc) is 2.01. The Morgan fingerprint density at radius 1 is 1.54 bits per heavy atom. The lowest BCUT2D eigenvalue weighted by Crippen LogP contribution is -2.15. The highest BCUT2D eigenvalue weighted by molar-refractivity contribution is 7.80. The molecule has 0 fully saturated rings. The maximum atomic E-state index is 10.3. The Labute approximate surface area is 79.6 Å². The van der Waals surface area contributed by atoms with Gasteiger partial charge in [-0.25, -0.2) is 4.18 Å². The number of hydrogen-bond acceptors (Lipinski definition) is 3. The highest BCUT2D eigenvalue weighted by Gasteiger charge is 2.12. The van der Waals surface area contributed by atoms with Gasteiger partial charge in [0.2, 0.25) is 0 Å². The molecule has 5 heteroatoms. The molecule has 0 saturated heterocycles. The lowest BCUT2D eigenvalue weighted by atomic mass is 10.1. The third-order valence-corrected chi connectivity index (χ3v) is 2.09. The highest BCUT2D eigenvalue weighted by Crippen LogP contribution is 2.09. The second-order valence-corrected chi connectivity index (χ2v) is 3.84. The minimum atomic E-state index is -4.34. The van der Waals surface area contributed by atoms with Crippen LogP contribution in [-0.4, -0.2) is 19.1 Å². The van der Waals surface area contributed by atoms with E-state index in [2.05, 4.69) is 10.8 Å². The minimum absolute atomic E-state index is 0.567. The van der Waals surface area contributed by atoms with Crippen LogP contribution >= 0.6 is 0 Å². The molecule has 0 unspecified atom stereocenters. The fourth-order valence-electron chi connectivity index (χ4n) is 0.957. The second kappa shape index (κ2) is 6.12. The maximum Gasteiger partial charge on any atom is 0.397 e. The maximum absolute atomic E-state index is 10.3. The summed E-state index contributed by atoms with van der Waals surface area (Å²) in [6.45, 7) is 5.47. The van der Waals surface area contributed by atoms with Crippen LogP contribution in [0.25, 0.3) is 0 Å². The number of rotatable bonds is 7. The van der Waals surface area contributed by atoms with Gasteiger partial charge in [-0.2, -0.15) is 8.42 Å². The molecule has 78 valence electrons. The van der Waals surface area contributed by atoms with Gasteiger partial charge in [-0.15, -0.1) is 6.58 Å². The fourth-order valence-corrected chi connectivity index (χ4v) is 1.44. The third-order valence-electron chi connectivity index (χ3n) is 1.60. The van der Waals surface area contributed by atoms with Gasteiger partial charge in [0, 0.05) is 0 Å². The van der Waals surface area contributed by atoms with E-state index in [4.69, 9.17) is 4.55 Å². The van der Waals surface area contributed by atoms with Crippen LogP contribution in [0, 0.1) is 0 Å². The predicted octanol–water partition coefficient (Wildman–Crippen LogP) is 1.94. The van der Waals surface area contributed by atoms with E-state index in [0.717, 1.165) is 19.3 Å². The van der Waals surface area contributed by atoms with Crippen molar-refractivity contribution in [2.75, 3.05) is 0 Å². The van der Waals surface area contributed by atoms with Crippen LogP contribution in [0.15, 0.2) is 12.7 Å². The zero-order chi connectivity index (χ0) is 10.3. The van der Waals surface area contributed by atoms with E-state index in [-0.39, 0.29) is 0 Å². The van der Waals surface area contributed by atoms with Gasteiger partial charge in [0.15, 0.2) is 0 Å². The van der Waals surface area contributed by atoms with Crippen molar-refractivity contribution in [2.45, 2.75) is 38.7 Å². The Balaban J connectivity index is 3.84. The third kappa shape index (κ3) is 7.95. The molecular weight excluding hydrogens is 192 g/mol. The summed E-state index contributed by atoms with van der Waals surface area (Å²) >= 11 is 0. The summed E-state index contributed by atoms with van der Waals surface area (Å²) in [5.74, 6) is 0. The van der Waals surface area contributed by atoms with Crippen molar-refractivity contribution in [3.8, 4) is 0 Å². The first kappa shape index (κ1) is 12.6. The summed E-state index contributed by atoms with van der Waals surface area (Å²) in [7, 11) is -4.34. The van der Waals surface area contributed by atoms with Crippen LogP contribution in [0.1, 0.15) is 32.6 Å². The standard InChI is InChI=1S/C8H16O4S/c1-3-5-6-7-8(4-2)12-13(9,10)11/h4,8H,2-3,5-7H2,1H3,(H,9,10,11)/t8-/m1/s1. The van der Waals surface area contributed by atoms with Gasteiger partial charge < -0.3 is 0 Å². The Hall–Kier alpha value is -0.390. The van der Waals surface area contributed by atoms with E-state index in [1.807, 2.05) is 6.92 Å². The Morgan fingerprint density at radius 2 is 2.15 bits per heavy atom. The van der Waals surface area contributed by atoms with Crippen molar-refractivity contribution >= 4 is 10.4 Å². The van der Waals surface area contributed by atoms with Crippen LogP contribution in [-0.2, 0) is 14.6 Å². The molecule has 0 aromatic heterocycles. The molecule has 0 aliphatic carbocycles. The summed E-state index contributed by atoms with van der Waals surface area (Å²) in [5.41, 5.74) is 0. The molecule has 0 aromatic carbocycles. The van der Waals surface area contributed by atoms with Crippen LogP contribution in [0.3, 0.4) is 0 Å².